The fraction of sp³-hybridized carbons (Fsp3) is 0.522. The maximum Gasteiger partial charge on any atom is 0.230 e. The van der Waals surface area contributed by atoms with Crippen LogP contribution < -0.4 is 5.32 Å². The summed E-state index contributed by atoms with van der Waals surface area (Å²) in [6.07, 6.45) is 2.13. The monoisotopic (exact) mass is 427 g/mol. The van der Waals surface area contributed by atoms with Crippen molar-refractivity contribution < 1.29 is 4.79 Å². The van der Waals surface area contributed by atoms with E-state index in [1.54, 1.807) is 0 Å². The zero-order chi connectivity index (χ0) is 21.2. The first kappa shape index (κ1) is 22.7. The van der Waals surface area contributed by atoms with Crippen LogP contribution >= 0.6 is 11.8 Å². The number of benzene rings is 1. The lowest BCUT2D eigenvalue weighted by atomic mass is 10.2. The van der Waals surface area contributed by atoms with Crippen LogP contribution in [0.4, 0.5) is 0 Å². The number of hydrogen-bond acceptors (Lipinski definition) is 6. The second kappa shape index (κ2) is 12.0. The molecule has 1 aliphatic rings. The van der Waals surface area contributed by atoms with E-state index in [1.807, 2.05) is 19.9 Å². The summed E-state index contributed by atoms with van der Waals surface area (Å²) in [4.78, 5) is 25.8. The Morgan fingerprint density at radius 2 is 1.67 bits per heavy atom. The summed E-state index contributed by atoms with van der Waals surface area (Å²) in [6.45, 7) is 11.3. The van der Waals surface area contributed by atoms with Gasteiger partial charge in [0.15, 0.2) is 5.16 Å². The Morgan fingerprint density at radius 3 is 2.37 bits per heavy atom. The third-order valence-corrected chi connectivity index (χ3v) is 6.08. The van der Waals surface area contributed by atoms with E-state index in [1.165, 1.54) is 17.3 Å². The maximum atomic E-state index is 12.0. The van der Waals surface area contributed by atoms with Crippen molar-refractivity contribution in [1.29, 1.82) is 0 Å². The first-order chi connectivity index (χ1) is 14.6. The van der Waals surface area contributed by atoms with E-state index in [4.69, 9.17) is 0 Å². The molecule has 162 valence electrons. The first-order valence-electron chi connectivity index (χ1n) is 10.8. The molecule has 3 rings (SSSR count). The van der Waals surface area contributed by atoms with Gasteiger partial charge in [-0.1, -0.05) is 42.1 Å². The van der Waals surface area contributed by atoms with Gasteiger partial charge in [0.2, 0.25) is 5.91 Å². The molecule has 1 N–H and O–H groups in total. The van der Waals surface area contributed by atoms with Gasteiger partial charge >= 0.3 is 0 Å². The summed E-state index contributed by atoms with van der Waals surface area (Å²) in [5.41, 5.74) is 3.27. The largest absolute Gasteiger partial charge is 0.355 e. The SMILES string of the molecule is Cc1cc(C)nc(SCC(=O)NCCCCN2CCN(Cc3ccccc3)CC2)n1. The number of piperazine rings is 1. The number of aryl methyl sites for hydroxylation is 2. The van der Waals surface area contributed by atoms with Crippen LogP contribution in [0.25, 0.3) is 0 Å². The third-order valence-electron chi connectivity index (χ3n) is 5.23. The van der Waals surface area contributed by atoms with Gasteiger partial charge in [-0.25, -0.2) is 9.97 Å². The predicted octanol–water partition coefficient (Wildman–Crippen LogP) is 2.90. The number of carbonyl (C=O) groups is 1. The van der Waals surface area contributed by atoms with Crippen LogP contribution in [0, 0.1) is 13.8 Å². The molecule has 1 aliphatic heterocycles. The van der Waals surface area contributed by atoms with Gasteiger partial charge in [-0.2, -0.15) is 0 Å². The fourth-order valence-corrected chi connectivity index (χ4v) is 4.42. The van der Waals surface area contributed by atoms with Crippen molar-refractivity contribution >= 4 is 17.7 Å². The number of nitrogens with one attached hydrogen (secondary N) is 1. The molecule has 7 heteroatoms. The normalized spacial score (nSPS) is 15.3. The fourth-order valence-electron chi connectivity index (χ4n) is 3.64. The number of hydrogen-bond donors (Lipinski definition) is 1. The molecule has 1 fully saturated rings. The minimum absolute atomic E-state index is 0.0530. The van der Waals surface area contributed by atoms with Crippen LogP contribution in [0.5, 0.6) is 0 Å². The number of rotatable bonds is 10. The molecule has 2 aromatic rings. The molecule has 1 aromatic carbocycles. The predicted molar refractivity (Wildman–Crippen MR) is 123 cm³/mol. The lowest BCUT2D eigenvalue weighted by molar-refractivity contribution is -0.118. The Morgan fingerprint density at radius 1 is 1.00 bits per heavy atom. The molecule has 0 aliphatic carbocycles. The third kappa shape index (κ3) is 8.05. The average molecular weight is 428 g/mol. The first-order valence-corrected chi connectivity index (χ1v) is 11.8. The molecule has 0 spiro atoms. The standard InChI is InChI=1S/C23H33N5OS/c1-19-16-20(2)26-23(25-19)30-18-22(29)24-10-6-7-11-27-12-14-28(15-13-27)17-21-8-4-3-5-9-21/h3-5,8-9,16H,6-7,10-15,17-18H2,1-2H3,(H,24,29). The Hall–Kier alpha value is -1.96. The second-order valence-electron chi connectivity index (χ2n) is 7.88. The van der Waals surface area contributed by atoms with Gasteiger partial charge in [-0.15, -0.1) is 0 Å². The van der Waals surface area contributed by atoms with Crippen LogP contribution in [0.2, 0.25) is 0 Å². The number of nitrogens with zero attached hydrogens (tertiary/aromatic N) is 4. The summed E-state index contributed by atoms with van der Waals surface area (Å²) in [5, 5.41) is 3.69. The van der Waals surface area contributed by atoms with E-state index in [-0.39, 0.29) is 5.91 Å². The van der Waals surface area contributed by atoms with Crippen molar-refractivity contribution in [1.82, 2.24) is 25.1 Å². The highest BCUT2D eigenvalue weighted by molar-refractivity contribution is 7.99. The summed E-state index contributed by atoms with van der Waals surface area (Å²) >= 11 is 1.40. The number of aromatic nitrogens is 2. The van der Waals surface area contributed by atoms with Crippen LogP contribution in [0.1, 0.15) is 29.8 Å². The Bertz CT molecular complexity index is 773. The van der Waals surface area contributed by atoms with Crippen molar-refractivity contribution in [2.45, 2.75) is 38.4 Å². The van der Waals surface area contributed by atoms with Gasteiger partial charge in [-0.3, -0.25) is 9.69 Å². The Kier molecular flexibility index (Phi) is 9.11. The Labute approximate surface area is 184 Å². The number of unbranched alkanes of at least 4 members (excludes halogenated alkanes) is 1. The lowest BCUT2D eigenvalue weighted by Gasteiger charge is -2.34. The molecule has 6 nitrogen and oxygen atoms in total. The van der Waals surface area contributed by atoms with Crippen molar-refractivity contribution in [3.05, 3.63) is 53.3 Å². The zero-order valence-electron chi connectivity index (χ0n) is 18.1. The molecule has 2 heterocycles. The summed E-state index contributed by atoms with van der Waals surface area (Å²) < 4.78 is 0. The van der Waals surface area contributed by atoms with E-state index >= 15 is 0 Å². The molecular weight excluding hydrogens is 394 g/mol. The van der Waals surface area contributed by atoms with E-state index in [0.29, 0.717) is 10.9 Å². The maximum absolute atomic E-state index is 12.0. The van der Waals surface area contributed by atoms with Gasteiger partial charge in [0, 0.05) is 50.7 Å². The highest BCUT2D eigenvalue weighted by Gasteiger charge is 2.16. The quantitative estimate of drug-likeness (QED) is 0.357. The van der Waals surface area contributed by atoms with Gasteiger partial charge in [0.05, 0.1) is 5.75 Å². The van der Waals surface area contributed by atoms with Crippen LogP contribution in [-0.4, -0.2) is 70.7 Å². The molecule has 0 atom stereocenters. The molecule has 1 amide bonds. The Balaban J connectivity index is 1.22. The molecule has 0 radical (unpaired) electrons. The van der Waals surface area contributed by atoms with Gasteiger partial charge in [0.1, 0.15) is 0 Å². The van der Waals surface area contributed by atoms with Crippen molar-refractivity contribution in [2.24, 2.45) is 0 Å². The molecule has 1 aromatic heterocycles. The molecule has 0 unspecified atom stereocenters. The second-order valence-corrected chi connectivity index (χ2v) is 8.82. The molecular formula is C23H33N5OS. The van der Waals surface area contributed by atoms with E-state index < -0.39 is 0 Å². The van der Waals surface area contributed by atoms with Gasteiger partial charge in [0.25, 0.3) is 0 Å². The van der Waals surface area contributed by atoms with Crippen molar-refractivity contribution in [3.8, 4) is 0 Å². The number of amides is 1. The average Bonchev–Trinajstić information content (AvgIpc) is 2.73. The molecule has 0 saturated carbocycles. The lowest BCUT2D eigenvalue weighted by Crippen LogP contribution is -2.46. The number of carbonyl (C=O) groups excluding carboxylic acids is 1. The van der Waals surface area contributed by atoms with E-state index in [2.05, 4.69) is 55.4 Å². The smallest absolute Gasteiger partial charge is 0.230 e. The highest BCUT2D eigenvalue weighted by atomic mass is 32.2. The van der Waals surface area contributed by atoms with Crippen LogP contribution in [0.3, 0.4) is 0 Å². The summed E-state index contributed by atoms with van der Waals surface area (Å²) in [6, 6.07) is 12.6. The van der Waals surface area contributed by atoms with Gasteiger partial charge < -0.3 is 10.2 Å². The highest BCUT2D eigenvalue weighted by Crippen LogP contribution is 2.13. The molecule has 30 heavy (non-hydrogen) atoms. The van der Waals surface area contributed by atoms with Crippen LogP contribution in [-0.2, 0) is 11.3 Å². The van der Waals surface area contributed by atoms with E-state index in [0.717, 1.165) is 70.0 Å². The topological polar surface area (TPSA) is 61.4 Å². The van der Waals surface area contributed by atoms with Crippen molar-refractivity contribution in [3.63, 3.8) is 0 Å². The zero-order valence-corrected chi connectivity index (χ0v) is 19.0. The minimum Gasteiger partial charge on any atom is -0.355 e. The summed E-state index contributed by atoms with van der Waals surface area (Å²) in [5.74, 6) is 0.420. The van der Waals surface area contributed by atoms with Crippen LogP contribution in [0.15, 0.2) is 41.6 Å². The molecule has 1 saturated heterocycles. The molecule has 0 bridgehead atoms. The summed E-state index contributed by atoms with van der Waals surface area (Å²) in [7, 11) is 0. The number of thioether (sulfide) groups is 1. The minimum atomic E-state index is 0.0530. The van der Waals surface area contributed by atoms with E-state index in [9.17, 15) is 4.79 Å². The van der Waals surface area contributed by atoms with Gasteiger partial charge in [-0.05, 0) is 44.9 Å². The van der Waals surface area contributed by atoms with Crippen molar-refractivity contribution in [2.75, 3.05) is 45.0 Å².